The Labute approximate surface area is 119 Å². The first-order valence-corrected chi connectivity index (χ1v) is 8.25. The van der Waals surface area contributed by atoms with Crippen molar-refractivity contribution >= 4 is 0 Å². The molecule has 0 spiro atoms. The van der Waals surface area contributed by atoms with E-state index < -0.39 is 0 Å². The summed E-state index contributed by atoms with van der Waals surface area (Å²) < 4.78 is 0. The summed E-state index contributed by atoms with van der Waals surface area (Å²) in [6.45, 7) is 5.68. The molecular weight excluding hydrogens is 234 g/mol. The molecule has 0 amide bonds. The lowest BCUT2D eigenvalue weighted by atomic mass is 9.69. The van der Waals surface area contributed by atoms with Crippen molar-refractivity contribution in [1.82, 2.24) is 9.80 Å². The quantitative estimate of drug-likeness (QED) is 0.848. The number of rotatable bonds is 4. The van der Waals surface area contributed by atoms with Gasteiger partial charge in [0, 0.05) is 18.1 Å². The molecule has 1 aliphatic heterocycles. The van der Waals surface area contributed by atoms with Gasteiger partial charge in [0.1, 0.15) is 0 Å². The molecule has 2 aliphatic rings. The standard InChI is InChI=1S/C16H33N3/c1-4-14-7-5-6-10-16(14,13-17)19(3)15-8-11-18(2)12-9-15/h14-15H,4-13,17H2,1-3H3. The number of nitrogens with zero attached hydrogens (tertiary/aromatic N) is 2. The minimum Gasteiger partial charge on any atom is -0.329 e. The first kappa shape index (κ1) is 15.3. The number of likely N-dealkylation sites (N-methyl/N-ethyl adjacent to an activating group) is 1. The molecule has 2 atom stereocenters. The Bertz CT molecular complexity index is 273. The highest BCUT2D eigenvalue weighted by Gasteiger charge is 2.44. The van der Waals surface area contributed by atoms with E-state index in [1.54, 1.807) is 0 Å². The summed E-state index contributed by atoms with van der Waals surface area (Å²) >= 11 is 0. The third-order valence-corrected chi connectivity index (χ3v) is 5.96. The van der Waals surface area contributed by atoms with Gasteiger partial charge in [-0.2, -0.15) is 0 Å². The van der Waals surface area contributed by atoms with E-state index in [0.717, 1.165) is 18.5 Å². The Hall–Kier alpha value is -0.120. The van der Waals surface area contributed by atoms with Gasteiger partial charge in [-0.3, -0.25) is 4.90 Å². The largest absolute Gasteiger partial charge is 0.329 e. The number of hydrogen-bond donors (Lipinski definition) is 1. The second-order valence-corrected chi connectivity index (χ2v) is 6.80. The average Bonchev–Trinajstić information content (AvgIpc) is 2.47. The molecule has 2 fully saturated rings. The maximum absolute atomic E-state index is 6.29. The van der Waals surface area contributed by atoms with Crippen LogP contribution >= 0.6 is 0 Å². The zero-order valence-corrected chi connectivity index (χ0v) is 13.2. The number of likely N-dealkylation sites (tertiary alicyclic amines) is 1. The van der Waals surface area contributed by atoms with Crippen LogP contribution in [0.4, 0.5) is 0 Å². The van der Waals surface area contributed by atoms with Crippen molar-refractivity contribution in [2.75, 3.05) is 33.7 Å². The smallest absolute Gasteiger partial charge is 0.0359 e. The summed E-state index contributed by atoms with van der Waals surface area (Å²) in [6.07, 6.45) is 9.37. The highest BCUT2D eigenvalue weighted by molar-refractivity contribution is 5.01. The van der Waals surface area contributed by atoms with Crippen molar-refractivity contribution in [3.05, 3.63) is 0 Å². The molecule has 0 bridgehead atoms. The molecule has 1 saturated heterocycles. The fourth-order valence-corrected chi connectivity index (χ4v) is 4.50. The minimum atomic E-state index is 0.285. The molecule has 19 heavy (non-hydrogen) atoms. The first-order chi connectivity index (χ1) is 9.14. The molecule has 0 radical (unpaired) electrons. The summed E-state index contributed by atoms with van der Waals surface area (Å²) in [5.41, 5.74) is 6.57. The maximum atomic E-state index is 6.29. The van der Waals surface area contributed by atoms with E-state index in [9.17, 15) is 0 Å². The van der Waals surface area contributed by atoms with Gasteiger partial charge in [-0.05, 0) is 58.8 Å². The monoisotopic (exact) mass is 267 g/mol. The van der Waals surface area contributed by atoms with Crippen molar-refractivity contribution in [1.29, 1.82) is 0 Å². The molecular formula is C16H33N3. The van der Waals surface area contributed by atoms with E-state index >= 15 is 0 Å². The first-order valence-electron chi connectivity index (χ1n) is 8.25. The van der Waals surface area contributed by atoms with Crippen LogP contribution in [0, 0.1) is 5.92 Å². The fourth-order valence-electron chi connectivity index (χ4n) is 4.50. The number of hydrogen-bond acceptors (Lipinski definition) is 3. The zero-order chi connectivity index (χ0) is 13.9. The van der Waals surface area contributed by atoms with Crippen molar-refractivity contribution in [2.24, 2.45) is 11.7 Å². The van der Waals surface area contributed by atoms with Gasteiger partial charge >= 0.3 is 0 Å². The van der Waals surface area contributed by atoms with E-state index in [1.165, 1.54) is 58.0 Å². The Morgan fingerprint density at radius 2 is 1.89 bits per heavy atom. The van der Waals surface area contributed by atoms with Crippen LogP contribution in [0.1, 0.15) is 51.9 Å². The molecule has 112 valence electrons. The zero-order valence-electron chi connectivity index (χ0n) is 13.2. The van der Waals surface area contributed by atoms with Gasteiger partial charge < -0.3 is 10.6 Å². The van der Waals surface area contributed by atoms with Crippen molar-refractivity contribution in [3.63, 3.8) is 0 Å². The summed E-state index contributed by atoms with van der Waals surface area (Å²) in [4.78, 5) is 5.16. The fraction of sp³-hybridized carbons (Fsp3) is 1.00. The average molecular weight is 267 g/mol. The molecule has 0 aromatic carbocycles. The molecule has 0 aromatic rings. The van der Waals surface area contributed by atoms with Gasteiger partial charge in [0.25, 0.3) is 0 Å². The summed E-state index contributed by atoms with van der Waals surface area (Å²) in [7, 11) is 4.60. The summed E-state index contributed by atoms with van der Waals surface area (Å²) in [5.74, 6) is 0.802. The normalized spacial score (nSPS) is 34.9. The summed E-state index contributed by atoms with van der Waals surface area (Å²) in [5, 5.41) is 0. The molecule has 2 unspecified atom stereocenters. The van der Waals surface area contributed by atoms with Gasteiger partial charge in [0.15, 0.2) is 0 Å². The molecule has 3 heteroatoms. The van der Waals surface area contributed by atoms with Gasteiger partial charge in [-0.15, -0.1) is 0 Å². The van der Waals surface area contributed by atoms with Crippen LogP contribution in [-0.4, -0.2) is 55.1 Å². The molecule has 2 N–H and O–H groups in total. The number of piperidine rings is 1. The highest BCUT2D eigenvalue weighted by atomic mass is 15.2. The van der Waals surface area contributed by atoms with Gasteiger partial charge in [-0.1, -0.05) is 26.2 Å². The Balaban J connectivity index is 2.10. The SMILES string of the molecule is CCC1CCCCC1(CN)N(C)C1CCN(C)CC1. The maximum Gasteiger partial charge on any atom is 0.0359 e. The van der Waals surface area contributed by atoms with Gasteiger partial charge in [-0.25, -0.2) is 0 Å². The van der Waals surface area contributed by atoms with Crippen LogP contribution in [-0.2, 0) is 0 Å². The third-order valence-electron chi connectivity index (χ3n) is 5.96. The van der Waals surface area contributed by atoms with E-state index in [1.807, 2.05) is 0 Å². The van der Waals surface area contributed by atoms with Crippen LogP contribution < -0.4 is 5.73 Å². The third kappa shape index (κ3) is 2.98. The van der Waals surface area contributed by atoms with Gasteiger partial charge in [0.05, 0.1) is 0 Å². The Morgan fingerprint density at radius 3 is 2.47 bits per heavy atom. The van der Waals surface area contributed by atoms with Crippen LogP contribution in [0.5, 0.6) is 0 Å². The molecule has 2 rings (SSSR count). The van der Waals surface area contributed by atoms with Crippen LogP contribution in [0.15, 0.2) is 0 Å². The Morgan fingerprint density at radius 1 is 1.21 bits per heavy atom. The predicted molar refractivity (Wildman–Crippen MR) is 82.3 cm³/mol. The van der Waals surface area contributed by atoms with Crippen molar-refractivity contribution in [3.8, 4) is 0 Å². The minimum absolute atomic E-state index is 0.285. The predicted octanol–water partition coefficient (Wildman–Crippen LogP) is 2.31. The highest BCUT2D eigenvalue weighted by Crippen LogP contribution is 2.41. The second-order valence-electron chi connectivity index (χ2n) is 6.80. The molecule has 3 nitrogen and oxygen atoms in total. The Kier molecular flexibility index (Phi) is 5.27. The van der Waals surface area contributed by atoms with Gasteiger partial charge in [0.2, 0.25) is 0 Å². The topological polar surface area (TPSA) is 32.5 Å². The molecule has 1 heterocycles. The van der Waals surface area contributed by atoms with Crippen LogP contribution in [0.3, 0.4) is 0 Å². The van der Waals surface area contributed by atoms with E-state index in [-0.39, 0.29) is 5.54 Å². The van der Waals surface area contributed by atoms with Crippen molar-refractivity contribution in [2.45, 2.75) is 63.5 Å². The lowest BCUT2D eigenvalue weighted by molar-refractivity contribution is -0.0222. The molecule has 1 saturated carbocycles. The van der Waals surface area contributed by atoms with Crippen molar-refractivity contribution < 1.29 is 0 Å². The van der Waals surface area contributed by atoms with E-state index in [4.69, 9.17) is 5.73 Å². The van der Waals surface area contributed by atoms with E-state index in [2.05, 4.69) is 30.8 Å². The molecule has 0 aromatic heterocycles. The molecule has 1 aliphatic carbocycles. The van der Waals surface area contributed by atoms with Crippen LogP contribution in [0.25, 0.3) is 0 Å². The van der Waals surface area contributed by atoms with E-state index in [0.29, 0.717) is 0 Å². The number of nitrogens with two attached hydrogens (primary N) is 1. The second kappa shape index (κ2) is 6.55. The lowest BCUT2D eigenvalue weighted by Crippen LogP contribution is -2.62. The summed E-state index contributed by atoms with van der Waals surface area (Å²) in [6, 6.07) is 0.742. The van der Waals surface area contributed by atoms with Crippen LogP contribution in [0.2, 0.25) is 0 Å². The lowest BCUT2D eigenvalue weighted by Gasteiger charge is -2.53.